The van der Waals surface area contributed by atoms with Gasteiger partial charge in [-0.3, -0.25) is 4.79 Å². The Morgan fingerprint density at radius 2 is 2.07 bits per heavy atom. The maximum absolute atomic E-state index is 11.0. The molecule has 0 aromatic carbocycles. The molecule has 0 radical (unpaired) electrons. The molecule has 0 aliphatic carbocycles. The minimum Gasteiger partial charge on any atom is -0.467 e. The van der Waals surface area contributed by atoms with E-state index < -0.39 is 18.0 Å². The number of carbonyl (C=O) groups excluding carboxylic acids is 2. The first-order valence-electron chi connectivity index (χ1n) is 4.53. The summed E-state index contributed by atoms with van der Waals surface area (Å²) >= 11 is 0. The summed E-state index contributed by atoms with van der Waals surface area (Å²) in [5, 5.41) is 9.07. The molecule has 0 saturated heterocycles. The van der Waals surface area contributed by atoms with Crippen molar-refractivity contribution in [1.82, 2.24) is 0 Å². The maximum Gasteiger partial charge on any atom is 0.335 e. The summed E-state index contributed by atoms with van der Waals surface area (Å²) in [7, 11) is 1.15. The van der Waals surface area contributed by atoms with E-state index in [-0.39, 0.29) is 6.42 Å². The number of aliphatic hydroxyl groups is 1. The lowest BCUT2D eigenvalue weighted by Crippen LogP contribution is -2.26. The van der Waals surface area contributed by atoms with Crippen LogP contribution in [0.4, 0.5) is 0 Å². The largest absolute Gasteiger partial charge is 0.467 e. The summed E-state index contributed by atoms with van der Waals surface area (Å²) in [5.74, 6) is -1.41. The van der Waals surface area contributed by atoms with Crippen molar-refractivity contribution in [3.05, 3.63) is 0 Å². The Morgan fingerprint density at radius 3 is 2.57 bits per heavy atom. The second kappa shape index (κ2) is 7.32. The van der Waals surface area contributed by atoms with Crippen LogP contribution < -0.4 is 0 Å². The molecule has 0 fully saturated rings. The number of rotatable bonds is 6. The number of ether oxygens (including phenoxy) is 2. The van der Waals surface area contributed by atoms with Crippen LogP contribution in [0.1, 0.15) is 26.2 Å². The van der Waals surface area contributed by atoms with Crippen molar-refractivity contribution in [1.29, 1.82) is 0 Å². The predicted octanol–water partition coefficient (Wildman–Crippen LogP) is 0.254. The molecule has 82 valence electrons. The van der Waals surface area contributed by atoms with Crippen LogP contribution in [0.15, 0.2) is 0 Å². The average molecular weight is 204 g/mol. The highest BCUT2D eigenvalue weighted by Crippen LogP contribution is 1.98. The molecule has 1 unspecified atom stereocenters. The predicted molar refractivity (Wildman–Crippen MR) is 48.5 cm³/mol. The van der Waals surface area contributed by atoms with Gasteiger partial charge in [-0.2, -0.15) is 0 Å². The molecule has 0 aromatic heterocycles. The number of carbonyl (C=O) groups is 2. The lowest BCUT2D eigenvalue weighted by Gasteiger charge is -2.07. The van der Waals surface area contributed by atoms with Gasteiger partial charge in [0.15, 0.2) is 6.10 Å². The fraction of sp³-hybridized carbons (Fsp3) is 0.778. The number of methoxy groups -OCH3 is 1. The van der Waals surface area contributed by atoms with Gasteiger partial charge in [-0.05, 0) is 6.42 Å². The molecule has 0 saturated carbocycles. The highest BCUT2D eigenvalue weighted by atomic mass is 16.5. The van der Waals surface area contributed by atoms with Gasteiger partial charge >= 0.3 is 11.9 Å². The van der Waals surface area contributed by atoms with Crippen LogP contribution in [0, 0.1) is 0 Å². The molecular weight excluding hydrogens is 188 g/mol. The quantitative estimate of drug-likeness (QED) is 0.496. The van der Waals surface area contributed by atoms with E-state index in [1.165, 1.54) is 0 Å². The second-order valence-electron chi connectivity index (χ2n) is 2.82. The highest BCUT2D eigenvalue weighted by Gasteiger charge is 2.19. The molecular formula is C9H16O5. The summed E-state index contributed by atoms with van der Waals surface area (Å²) < 4.78 is 8.98. The number of aliphatic hydroxyl groups excluding tert-OH is 1. The zero-order valence-corrected chi connectivity index (χ0v) is 8.49. The van der Waals surface area contributed by atoms with E-state index in [1.807, 2.05) is 6.92 Å². The molecule has 0 aliphatic rings. The zero-order valence-electron chi connectivity index (χ0n) is 8.49. The molecule has 0 amide bonds. The van der Waals surface area contributed by atoms with Crippen molar-refractivity contribution >= 4 is 11.9 Å². The van der Waals surface area contributed by atoms with Crippen LogP contribution in [0.5, 0.6) is 0 Å². The standard InChI is InChI=1S/C9H16O5/c1-3-4-5-14-8(11)6-7(10)9(12)13-2/h7,10H,3-6H2,1-2H3. The van der Waals surface area contributed by atoms with E-state index >= 15 is 0 Å². The SMILES string of the molecule is CCCCOC(=O)CC(O)C(=O)OC. The van der Waals surface area contributed by atoms with Crippen molar-refractivity contribution in [3.63, 3.8) is 0 Å². The molecule has 0 aromatic rings. The fourth-order valence-electron chi connectivity index (χ4n) is 0.767. The van der Waals surface area contributed by atoms with Crippen molar-refractivity contribution in [2.45, 2.75) is 32.3 Å². The molecule has 5 nitrogen and oxygen atoms in total. The maximum atomic E-state index is 11.0. The third-order valence-electron chi connectivity index (χ3n) is 1.59. The normalized spacial score (nSPS) is 11.9. The van der Waals surface area contributed by atoms with E-state index in [0.29, 0.717) is 6.61 Å². The van der Waals surface area contributed by atoms with Crippen molar-refractivity contribution < 1.29 is 24.2 Å². The van der Waals surface area contributed by atoms with E-state index in [4.69, 9.17) is 9.84 Å². The van der Waals surface area contributed by atoms with Crippen LogP contribution in [-0.2, 0) is 19.1 Å². The average Bonchev–Trinajstić information content (AvgIpc) is 2.16. The fourth-order valence-corrected chi connectivity index (χ4v) is 0.767. The Hall–Kier alpha value is -1.10. The number of hydrogen-bond donors (Lipinski definition) is 1. The summed E-state index contributed by atoms with van der Waals surface area (Å²) in [5.41, 5.74) is 0. The lowest BCUT2D eigenvalue weighted by molar-refractivity contribution is -0.158. The third kappa shape index (κ3) is 5.53. The van der Waals surface area contributed by atoms with Crippen LogP contribution in [0.3, 0.4) is 0 Å². The van der Waals surface area contributed by atoms with Crippen LogP contribution in [0.25, 0.3) is 0 Å². The number of hydrogen-bond acceptors (Lipinski definition) is 5. The van der Waals surface area contributed by atoms with Gasteiger partial charge in [0.05, 0.1) is 20.1 Å². The first-order chi connectivity index (χ1) is 6.61. The van der Waals surface area contributed by atoms with Gasteiger partial charge < -0.3 is 14.6 Å². The smallest absolute Gasteiger partial charge is 0.335 e. The van der Waals surface area contributed by atoms with Gasteiger partial charge in [0.2, 0.25) is 0 Å². The Balaban J connectivity index is 3.65. The Bertz CT molecular complexity index is 190. The monoisotopic (exact) mass is 204 g/mol. The summed E-state index contributed by atoms with van der Waals surface area (Å²) in [6.07, 6.45) is -0.0716. The molecule has 0 heterocycles. The van der Waals surface area contributed by atoms with Crippen LogP contribution in [0.2, 0.25) is 0 Å². The van der Waals surface area contributed by atoms with E-state index in [9.17, 15) is 9.59 Å². The molecule has 14 heavy (non-hydrogen) atoms. The minimum absolute atomic E-state index is 0.323. The van der Waals surface area contributed by atoms with E-state index in [2.05, 4.69) is 4.74 Å². The van der Waals surface area contributed by atoms with Crippen LogP contribution >= 0.6 is 0 Å². The van der Waals surface area contributed by atoms with Gasteiger partial charge in [0.1, 0.15) is 0 Å². The van der Waals surface area contributed by atoms with Gasteiger partial charge in [-0.15, -0.1) is 0 Å². The number of esters is 2. The van der Waals surface area contributed by atoms with Gasteiger partial charge in [0.25, 0.3) is 0 Å². The third-order valence-corrected chi connectivity index (χ3v) is 1.59. The zero-order chi connectivity index (χ0) is 11.0. The minimum atomic E-state index is -1.42. The molecule has 1 N–H and O–H groups in total. The lowest BCUT2D eigenvalue weighted by atomic mass is 10.2. The molecule has 0 bridgehead atoms. The number of unbranched alkanes of at least 4 members (excludes halogenated alkanes) is 1. The van der Waals surface area contributed by atoms with Gasteiger partial charge in [0, 0.05) is 0 Å². The Labute approximate surface area is 83.0 Å². The molecule has 0 aliphatic heterocycles. The van der Waals surface area contributed by atoms with Gasteiger partial charge in [-0.1, -0.05) is 13.3 Å². The topological polar surface area (TPSA) is 72.8 Å². The van der Waals surface area contributed by atoms with E-state index in [1.54, 1.807) is 0 Å². The summed E-state index contributed by atoms with van der Waals surface area (Å²) in [6, 6.07) is 0. The molecule has 5 heteroatoms. The first kappa shape index (κ1) is 12.9. The Morgan fingerprint density at radius 1 is 1.43 bits per heavy atom. The summed E-state index contributed by atoms with van der Waals surface area (Å²) in [4.78, 5) is 21.7. The first-order valence-corrected chi connectivity index (χ1v) is 4.53. The second-order valence-corrected chi connectivity index (χ2v) is 2.82. The molecule has 0 spiro atoms. The highest BCUT2D eigenvalue weighted by molar-refractivity contribution is 5.81. The van der Waals surface area contributed by atoms with E-state index in [0.717, 1.165) is 20.0 Å². The van der Waals surface area contributed by atoms with Crippen molar-refractivity contribution in [2.75, 3.05) is 13.7 Å². The van der Waals surface area contributed by atoms with Crippen molar-refractivity contribution in [3.8, 4) is 0 Å². The van der Waals surface area contributed by atoms with Crippen molar-refractivity contribution in [2.24, 2.45) is 0 Å². The molecule has 0 rings (SSSR count). The Kier molecular flexibility index (Phi) is 6.74. The summed E-state index contributed by atoms with van der Waals surface area (Å²) in [6.45, 7) is 2.29. The van der Waals surface area contributed by atoms with Crippen LogP contribution in [-0.4, -0.2) is 36.9 Å². The van der Waals surface area contributed by atoms with Gasteiger partial charge in [-0.25, -0.2) is 4.79 Å². The molecule has 1 atom stereocenters.